The second kappa shape index (κ2) is 8.51. The Morgan fingerprint density at radius 3 is 2.61 bits per heavy atom. The first-order valence-electron chi connectivity index (χ1n) is 9.94. The molecule has 4 aromatic rings. The maximum absolute atomic E-state index is 13.0. The molecule has 0 aliphatic carbocycles. The van der Waals surface area contributed by atoms with Crippen LogP contribution in [0.3, 0.4) is 0 Å². The third kappa shape index (κ3) is 4.09. The molecule has 8 nitrogen and oxygen atoms in total. The molecule has 4 rings (SSSR count). The quantitative estimate of drug-likeness (QED) is 0.474. The first kappa shape index (κ1) is 20.5. The largest absolute Gasteiger partial charge is 0.497 e. The van der Waals surface area contributed by atoms with Gasteiger partial charge in [0.15, 0.2) is 0 Å². The highest BCUT2D eigenvalue weighted by atomic mass is 16.5. The van der Waals surface area contributed by atoms with Crippen LogP contribution >= 0.6 is 0 Å². The average molecular weight is 420 g/mol. The summed E-state index contributed by atoms with van der Waals surface area (Å²) in [6.45, 7) is 4.04. The molecule has 1 N–H and O–H groups in total. The fourth-order valence-corrected chi connectivity index (χ4v) is 3.36. The van der Waals surface area contributed by atoms with Gasteiger partial charge in [0.25, 0.3) is 5.89 Å². The standard InChI is InChI=1S/C23H24N4O4/c1-14(2)22-25-26-23(31-22)19-11-15-7-5-6-8-18(15)27(19)13-21(28)24-17-10-9-16(29-3)12-20(17)30-4/h5-12,14H,13H2,1-4H3,(H,24,28). The number of amides is 1. The number of carbonyl (C=O) groups excluding carboxylic acids is 1. The summed E-state index contributed by atoms with van der Waals surface area (Å²) in [5, 5.41) is 12.2. The predicted octanol–water partition coefficient (Wildman–Crippen LogP) is 4.47. The molecule has 0 aliphatic rings. The fraction of sp³-hybridized carbons (Fsp3) is 0.261. The minimum atomic E-state index is -0.213. The van der Waals surface area contributed by atoms with Crippen LogP contribution in [0, 0.1) is 0 Å². The van der Waals surface area contributed by atoms with Crippen LogP contribution in [0.2, 0.25) is 0 Å². The zero-order valence-electron chi connectivity index (χ0n) is 17.9. The Bertz CT molecular complexity index is 1230. The van der Waals surface area contributed by atoms with E-state index in [1.165, 1.54) is 0 Å². The average Bonchev–Trinajstić information content (AvgIpc) is 3.39. The number of nitrogens with zero attached hydrogens (tertiary/aromatic N) is 3. The van der Waals surface area contributed by atoms with Gasteiger partial charge in [0.2, 0.25) is 11.8 Å². The van der Waals surface area contributed by atoms with Gasteiger partial charge in [-0.25, -0.2) is 0 Å². The molecular formula is C23H24N4O4. The smallest absolute Gasteiger partial charge is 0.264 e. The third-order valence-electron chi connectivity index (χ3n) is 4.95. The number of para-hydroxylation sites is 1. The topological polar surface area (TPSA) is 91.4 Å². The number of nitrogens with one attached hydrogen (secondary N) is 1. The summed E-state index contributed by atoms with van der Waals surface area (Å²) >= 11 is 0. The lowest BCUT2D eigenvalue weighted by Crippen LogP contribution is -2.19. The first-order valence-corrected chi connectivity index (χ1v) is 9.94. The zero-order chi connectivity index (χ0) is 22.0. The Morgan fingerprint density at radius 2 is 1.90 bits per heavy atom. The van der Waals surface area contributed by atoms with Crippen molar-refractivity contribution in [3.05, 3.63) is 54.4 Å². The summed E-state index contributed by atoms with van der Waals surface area (Å²) in [6, 6.07) is 15.0. The number of methoxy groups -OCH3 is 2. The number of anilines is 1. The van der Waals surface area contributed by atoms with E-state index < -0.39 is 0 Å². The van der Waals surface area contributed by atoms with E-state index in [4.69, 9.17) is 13.9 Å². The third-order valence-corrected chi connectivity index (χ3v) is 4.95. The predicted molar refractivity (Wildman–Crippen MR) is 117 cm³/mol. The number of rotatable bonds is 7. The molecule has 8 heteroatoms. The number of hydrogen-bond donors (Lipinski definition) is 1. The van der Waals surface area contributed by atoms with E-state index in [9.17, 15) is 4.79 Å². The van der Waals surface area contributed by atoms with Gasteiger partial charge >= 0.3 is 0 Å². The molecule has 0 atom stereocenters. The van der Waals surface area contributed by atoms with Gasteiger partial charge in [-0.05, 0) is 24.3 Å². The van der Waals surface area contributed by atoms with E-state index in [2.05, 4.69) is 15.5 Å². The maximum atomic E-state index is 13.0. The van der Waals surface area contributed by atoms with Crippen LogP contribution in [0.5, 0.6) is 11.5 Å². The Hall–Kier alpha value is -3.81. The second-order valence-corrected chi connectivity index (χ2v) is 7.39. The molecular weight excluding hydrogens is 396 g/mol. The molecule has 1 amide bonds. The zero-order valence-corrected chi connectivity index (χ0v) is 17.9. The minimum absolute atomic E-state index is 0.0669. The van der Waals surface area contributed by atoms with Crippen molar-refractivity contribution in [3.8, 4) is 23.1 Å². The van der Waals surface area contributed by atoms with Crippen molar-refractivity contribution < 1.29 is 18.7 Å². The molecule has 2 heterocycles. The lowest BCUT2D eigenvalue weighted by Gasteiger charge is -2.13. The number of hydrogen-bond acceptors (Lipinski definition) is 6. The van der Waals surface area contributed by atoms with Crippen molar-refractivity contribution >= 4 is 22.5 Å². The van der Waals surface area contributed by atoms with Gasteiger partial charge in [0.1, 0.15) is 23.7 Å². The van der Waals surface area contributed by atoms with E-state index in [0.29, 0.717) is 34.7 Å². The van der Waals surface area contributed by atoms with E-state index in [1.54, 1.807) is 32.4 Å². The number of carbonyl (C=O) groups is 1. The van der Waals surface area contributed by atoms with E-state index in [0.717, 1.165) is 10.9 Å². The Labute approximate surface area is 179 Å². The first-order chi connectivity index (χ1) is 15.0. The van der Waals surface area contributed by atoms with Crippen LogP contribution in [0.1, 0.15) is 25.7 Å². The van der Waals surface area contributed by atoms with Crippen LogP contribution in [0.25, 0.3) is 22.5 Å². The summed E-state index contributed by atoms with van der Waals surface area (Å²) in [5.74, 6) is 2.00. The molecule has 0 bridgehead atoms. The van der Waals surface area contributed by atoms with E-state index in [-0.39, 0.29) is 18.4 Å². The molecule has 2 aromatic carbocycles. The van der Waals surface area contributed by atoms with Gasteiger partial charge in [-0.2, -0.15) is 0 Å². The number of benzene rings is 2. The highest BCUT2D eigenvalue weighted by molar-refractivity contribution is 5.94. The molecule has 0 saturated carbocycles. The molecule has 0 aliphatic heterocycles. The van der Waals surface area contributed by atoms with Crippen molar-refractivity contribution in [2.24, 2.45) is 0 Å². The summed E-state index contributed by atoms with van der Waals surface area (Å²) in [5.41, 5.74) is 2.15. The molecule has 0 saturated heterocycles. The van der Waals surface area contributed by atoms with Gasteiger partial charge in [-0.15, -0.1) is 10.2 Å². The van der Waals surface area contributed by atoms with Crippen LogP contribution < -0.4 is 14.8 Å². The molecule has 0 radical (unpaired) electrons. The molecule has 2 aromatic heterocycles. The molecule has 0 fully saturated rings. The lowest BCUT2D eigenvalue weighted by atomic mass is 10.2. The minimum Gasteiger partial charge on any atom is -0.497 e. The molecule has 0 spiro atoms. The van der Waals surface area contributed by atoms with Gasteiger partial charge in [-0.3, -0.25) is 4.79 Å². The van der Waals surface area contributed by atoms with Crippen LogP contribution in [0.15, 0.2) is 52.9 Å². The summed E-state index contributed by atoms with van der Waals surface area (Å²) in [6.07, 6.45) is 0. The Morgan fingerprint density at radius 1 is 1.10 bits per heavy atom. The lowest BCUT2D eigenvalue weighted by molar-refractivity contribution is -0.116. The molecule has 160 valence electrons. The Kier molecular flexibility index (Phi) is 5.62. The SMILES string of the molecule is COc1ccc(NC(=O)Cn2c(-c3nnc(C(C)C)o3)cc3ccccc32)c(OC)c1. The van der Waals surface area contributed by atoms with Crippen LogP contribution in [-0.4, -0.2) is 34.9 Å². The monoisotopic (exact) mass is 420 g/mol. The second-order valence-electron chi connectivity index (χ2n) is 7.39. The van der Waals surface area contributed by atoms with E-state index in [1.807, 2.05) is 48.7 Å². The summed E-state index contributed by atoms with van der Waals surface area (Å²) < 4.78 is 18.3. The van der Waals surface area contributed by atoms with E-state index >= 15 is 0 Å². The Balaban J connectivity index is 1.67. The van der Waals surface area contributed by atoms with Crippen molar-refractivity contribution in [2.75, 3.05) is 19.5 Å². The van der Waals surface area contributed by atoms with Crippen molar-refractivity contribution in [1.29, 1.82) is 0 Å². The van der Waals surface area contributed by atoms with Gasteiger partial charge < -0.3 is 23.8 Å². The van der Waals surface area contributed by atoms with Crippen molar-refractivity contribution in [2.45, 2.75) is 26.3 Å². The highest BCUT2D eigenvalue weighted by Crippen LogP contribution is 2.31. The van der Waals surface area contributed by atoms with Crippen LogP contribution in [0.4, 0.5) is 5.69 Å². The number of fused-ring (bicyclic) bond motifs is 1. The van der Waals surface area contributed by atoms with Crippen LogP contribution in [-0.2, 0) is 11.3 Å². The van der Waals surface area contributed by atoms with Gasteiger partial charge in [0, 0.05) is 22.9 Å². The van der Waals surface area contributed by atoms with Gasteiger partial charge in [-0.1, -0.05) is 32.0 Å². The normalized spacial score (nSPS) is 11.1. The van der Waals surface area contributed by atoms with Crippen molar-refractivity contribution in [1.82, 2.24) is 14.8 Å². The highest BCUT2D eigenvalue weighted by Gasteiger charge is 2.19. The molecule has 31 heavy (non-hydrogen) atoms. The number of aromatic nitrogens is 3. The summed E-state index contributed by atoms with van der Waals surface area (Å²) in [4.78, 5) is 13.0. The van der Waals surface area contributed by atoms with Crippen molar-refractivity contribution in [3.63, 3.8) is 0 Å². The fourth-order valence-electron chi connectivity index (χ4n) is 3.36. The maximum Gasteiger partial charge on any atom is 0.264 e. The summed E-state index contributed by atoms with van der Waals surface area (Å²) in [7, 11) is 3.12. The number of ether oxygens (including phenoxy) is 2. The molecule has 0 unspecified atom stereocenters. The van der Waals surface area contributed by atoms with Gasteiger partial charge in [0.05, 0.1) is 19.9 Å².